The van der Waals surface area contributed by atoms with Crippen LogP contribution in [-0.2, 0) is 0 Å². The lowest BCUT2D eigenvalue weighted by Crippen LogP contribution is -2.50. The van der Waals surface area contributed by atoms with E-state index >= 15 is 0 Å². The third-order valence-electron chi connectivity index (χ3n) is 20.3. The summed E-state index contributed by atoms with van der Waals surface area (Å²) in [5.74, 6) is 7.25. The Morgan fingerprint density at radius 2 is 0.869 bits per heavy atom. The second-order valence-electron chi connectivity index (χ2n) is 27.4. The van der Waals surface area contributed by atoms with Gasteiger partial charge in [-0.2, -0.15) is 0 Å². The molecule has 8 atom stereocenters. The van der Waals surface area contributed by atoms with Crippen molar-refractivity contribution in [3.8, 4) is 0 Å². The molecule has 19 N–H and O–H groups in total. The Morgan fingerprint density at radius 3 is 1.31 bits per heavy atom. The molecule has 8 unspecified atom stereocenters. The van der Waals surface area contributed by atoms with E-state index in [2.05, 4.69) is 93.8 Å². The predicted octanol–water partition coefficient (Wildman–Crippen LogP) is 6.18. The molecule has 0 aromatic rings. The third kappa shape index (κ3) is 31.5. The normalized spacial score (nSPS) is 31.1. The molecule has 18 heteroatoms. The zero-order valence-electron chi connectivity index (χ0n) is 56.0. The van der Waals surface area contributed by atoms with Crippen LogP contribution in [0.3, 0.4) is 0 Å². The van der Waals surface area contributed by atoms with Crippen LogP contribution in [0.15, 0.2) is 9.98 Å². The van der Waals surface area contributed by atoms with Crippen LogP contribution in [0.5, 0.6) is 0 Å². The average Bonchev–Trinajstić information content (AvgIpc) is 4.07. The smallest absolute Gasteiger partial charge is 0.196 e. The van der Waals surface area contributed by atoms with Crippen LogP contribution in [-0.4, -0.2) is 218 Å². The van der Waals surface area contributed by atoms with Crippen molar-refractivity contribution in [2.24, 2.45) is 97.1 Å². The molecule has 10 aliphatic rings. The highest BCUT2D eigenvalue weighted by molar-refractivity contribution is 5.81. The van der Waals surface area contributed by atoms with Gasteiger partial charge in [-0.25, -0.2) is 0 Å². The first-order valence-electron chi connectivity index (χ1n) is 35.2. The monoisotopic (exact) mass is 1190 g/mol. The van der Waals surface area contributed by atoms with Gasteiger partial charge in [0.1, 0.15) is 0 Å². The molecular weight excluding hydrogens is 1040 g/mol. The summed E-state index contributed by atoms with van der Waals surface area (Å²) >= 11 is 0. The fraction of sp³-hybridized carbons (Fsp3) is 0.970. The summed E-state index contributed by atoms with van der Waals surface area (Å²) in [6.45, 7) is 21.2. The Balaban J connectivity index is 0.000000252. The van der Waals surface area contributed by atoms with Gasteiger partial charge in [0.2, 0.25) is 0 Å². The van der Waals surface area contributed by atoms with Crippen molar-refractivity contribution in [2.45, 2.75) is 236 Å². The molecule has 0 bridgehead atoms. The van der Waals surface area contributed by atoms with E-state index in [1.165, 1.54) is 238 Å². The van der Waals surface area contributed by atoms with Crippen LogP contribution < -0.4 is 56.9 Å². The summed E-state index contributed by atoms with van der Waals surface area (Å²) in [5.41, 5.74) is 50.8. The number of fused-ring (bicyclic) bond motifs is 2. The van der Waals surface area contributed by atoms with Gasteiger partial charge in [0.15, 0.2) is 11.9 Å². The van der Waals surface area contributed by atoms with Crippen molar-refractivity contribution in [3.05, 3.63) is 0 Å². The van der Waals surface area contributed by atoms with E-state index in [0.29, 0.717) is 18.1 Å². The molecule has 496 valence electrons. The molecule has 0 spiro atoms. The van der Waals surface area contributed by atoms with Crippen LogP contribution in [0.2, 0.25) is 0 Å². The van der Waals surface area contributed by atoms with Crippen LogP contribution in [0, 0.1) is 35.5 Å². The zero-order chi connectivity index (χ0) is 61.5. The summed E-state index contributed by atoms with van der Waals surface area (Å²) in [6, 6.07) is 3.78. The molecule has 0 amide bonds. The van der Waals surface area contributed by atoms with Crippen molar-refractivity contribution < 1.29 is 0 Å². The molecule has 84 heavy (non-hydrogen) atoms. The lowest BCUT2D eigenvalue weighted by molar-refractivity contribution is 0.164. The Morgan fingerprint density at radius 1 is 0.429 bits per heavy atom. The topological polar surface area (TPSA) is 290 Å². The van der Waals surface area contributed by atoms with Gasteiger partial charge in [-0.15, -0.1) is 0 Å². The first-order chi connectivity index (χ1) is 40.6. The Kier molecular flexibility index (Phi) is 42.0. The van der Waals surface area contributed by atoms with Gasteiger partial charge in [-0.1, -0.05) is 46.0 Å². The highest BCUT2D eigenvalue weighted by Crippen LogP contribution is 2.33. The molecule has 4 heterocycles. The van der Waals surface area contributed by atoms with Gasteiger partial charge in [-0.05, 0) is 270 Å². The maximum absolute atomic E-state index is 5.86. The highest BCUT2D eigenvalue weighted by atomic mass is 15.4. The molecule has 0 aromatic carbocycles. The van der Waals surface area contributed by atoms with Gasteiger partial charge in [0.05, 0.1) is 0 Å². The van der Waals surface area contributed by atoms with Crippen LogP contribution in [0.4, 0.5) is 0 Å². The van der Waals surface area contributed by atoms with Crippen LogP contribution >= 0.6 is 0 Å². The quantitative estimate of drug-likeness (QED) is 0.0985. The van der Waals surface area contributed by atoms with E-state index < -0.39 is 0 Å². The van der Waals surface area contributed by atoms with Crippen molar-refractivity contribution in [3.63, 3.8) is 0 Å². The van der Waals surface area contributed by atoms with Crippen LogP contribution in [0.1, 0.15) is 200 Å². The second-order valence-corrected chi connectivity index (χ2v) is 27.4. The van der Waals surface area contributed by atoms with Crippen molar-refractivity contribution in [1.29, 1.82) is 0 Å². The molecule has 6 aliphatic carbocycles. The molecule has 18 nitrogen and oxygen atoms in total. The molecule has 6 saturated carbocycles. The number of nitrogens with two attached hydrogens (primary N) is 9. The molecule has 0 aromatic heterocycles. The van der Waals surface area contributed by atoms with E-state index in [-0.39, 0.29) is 0 Å². The first kappa shape index (κ1) is 76.3. The SMILES string of the molecule is C1CN=C2NCCCN2C1.CCN(CC)C1CCC(N)CC1.CN(C)C1CCC(N)CC1.CN(C)C1CCCC(N)C1.CN1CCCN2CCCN=C12.NCC1CCC(CN)C1.NCC1CCCC(CN)C1.NCCC1CCCC(CCN)C1. The Labute approximate surface area is 517 Å². The van der Waals surface area contributed by atoms with Crippen LogP contribution in [0.25, 0.3) is 0 Å². The number of hydrogen-bond acceptors (Lipinski definition) is 18. The Hall–Kier alpha value is -1.94. The molecule has 4 aliphatic heterocycles. The van der Waals surface area contributed by atoms with Crippen molar-refractivity contribution in [1.82, 2.24) is 34.7 Å². The minimum atomic E-state index is 0.459. The number of aliphatic imine (C=N–C) groups is 2. The fourth-order valence-corrected chi connectivity index (χ4v) is 14.7. The van der Waals surface area contributed by atoms with E-state index in [4.69, 9.17) is 51.6 Å². The number of nitrogens with zero attached hydrogens (tertiary/aromatic N) is 8. The molecular formula is C66H142N18. The minimum absolute atomic E-state index is 0.459. The standard InChI is InChI=1S/2C10H22N2.C8H15N3.3C8H18N2.C7H13N3.C7H16N2/c1-3-12(4-2)10-7-5-9(11)6-8-10;11-6-4-9-2-1-3-10(8-9)5-7-12;1-10-5-3-7-11-6-2-4-9-8(10)11;1-10(2)8-5-3-7(9)4-6-8;1-10(2)8-5-3-4-7(9)6-8;9-5-7-2-1-3-8(4-7)6-10;1-3-8-7-9-4-2-6-10(7)5-1;8-4-6-1-2-7(3-6)5-9/h9-10H,3-8,11H2,1-2H3;9-10H,1-8,11-12H2;2-7H2,1H3;2*7-8H,3-6,9H2,1-2H3;7-8H,1-6,9-10H2;1-6H2,(H,8,9);6-7H,1-5,8-9H2. The summed E-state index contributed by atoms with van der Waals surface area (Å²) in [5, 5.41) is 3.30. The summed E-state index contributed by atoms with van der Waals surface area (Å²) in [6.07, 6.45) is 37.3. The van der Waals surface area contributed by atoms with Gasteiger partial charge in [-0.3, -0.25) is 9.98 Å². The molecule has 2 saturated heterocycles. The fourth-order valence-electron chi connectivity index (χ4n) is 14.7. The van der Waals surface area contributed by atoms with Gasteiger partial charge >= 0.3 is 0 Å². The first-order valence-corrected chi connectivity index (χ1v) is 35.2. The van der Waals surface area contributed by atoms with Gasteiger partial charge in [0.25, 0.3) is 0 Å². The van der Waals surface area contributed by atoms with E-state index in [9.17, 15) is 0 Å². The number of hydrogen-bond donors (Lipinski definition) is 10. The summed E-state index contributed by atoms with van der Waals surface area (Å²) < 4.78 is 0. The number of guanidine groups is 2. The maximum atomic E-state index is 5.86. The number of rotatable bonds is 13. The molecule has 0 radical (unpaired) electrons. The summed E-state index contributed by atoms with van der Waals surface area (Å²) in [4.78, 5) is 23.0. The van der Waals surface area contributed by atoms with E-state index in [1.807, 2.05) is 0 Å². The Bertz CT molecular complexity index is 1580. The molecule has 10 rings (SSSR count). The summed E-state index contributed by atoms with van der Waals surface area (Å²) in [7, 11) is 10.7. The van der Waals surface area contributed by atoms with Gasteiger partial charge < -0.3 is 86.3 Å². The molecule has 8 fully saturated rings. The van der Waals surface area contributed by atoms with Crippen molar-refractivity contribution in [2.75, 3.05) is 140 Å². The predicted molar refractivity (Wildman–Crippen MR) is 363 cm³/mol. The van der Waals surface area contributed by atoms with Gasteiger partial charge in [0, 0.05) is 95.7 Å². The average molecular weight is 1190 g/mol. The lowest BCUT2D eigenvalue weighted by atomic mass is 9.78. The zero-order valence-corrected chi connectivity index (χ0v) is 56.0. The largest absolute Gasteiger partial charge is 0.356 e. The number of nitrogens with one attached hydrogen (secondary N) is 1. The highest BCUT2D eigenvalue weighted by Gasteiger charge is 2.26. The maximum Gasteiger partial charge on any atom is 0.196 e. The second kappa shape index (κ2) is 46.2. The van der Waals surface area contributed by atoms with E-state index in [1.54, 1.807) is 0 Å². The van der Waals surface area contributed by atoms with Crippen molar-refractivity contribution >= 4 is 11.9 Å². The lowest BCUT2D eigenvalue weighted by Gasteiger charge is -2.39. The van der Waals surface area contributed by atoms with E-state index in [0.717, 1.165) is 118 Å². The minimum Gasteiger partial charge on any atom is -0.356 e. The third-order valence-corrected chi connectivity index (χ3v) is 20.3.